The van der Waals surface area contributed by atoms with Gasteiger partial charge in [0, 0.05) is 5.41 Å². The van der Waals surface area contributed by atoms with Crippen molar-refractivity contribution in [2.24, 2.45) is 0 Å². The van der Waals surface area contributed by atoms with Gasteiger partial charge < -0.3 is 18.9 Å². The predicted molar refractivity (Wildman–Crippen MR) is 325 cm³/mol. The summed E-state index contributed by atoms with van der Waals surface area (Å²) in [7, 11) is 0. The van der Waals surface area contributed by atoms with Gasteiger partial charge in [0.15, 0.2) is 0 Å². The molecule has 0 saturated carbocycles. The number of benzene rings is 10. The molecule has 3 aliphatic rings. The molecule has 386 valence electrons. The minimum atomic E-state index is -0.797. The van der Waals surface area contributed by atoms with Gasteiger partial charge in [-0.2, -0.15) is 0 Å². The van der Waals surface area contributed by atoms with Gasteiger partial charge in [0.25, 0.3) is 0 Å². The fourth-order valence-electron chi connectivity index (χ4n) is 13.9. The first-order valence-electron chi connectivity index (χ1n) is 27.3. The Bertz CT molecular complexity index is 4110. The Labute approximate surface area is 475 Å². The second-order valence-electron chi connectivity index (χ2n) is 20.9. The van der Waals surface area contributed by atoms with Gasteiger partial charge in [-0.3, -0.25) is 0 Å². The molecule has 0 radical (unpaired) electrons. The maximum Gasteiger partial charge on any atom is 0.148 e. The number of hydrogen-bond acceptors (Lipinski definition) is 4. The quantitative estimate of drug-likeness (QED) is 0.0904. The highest BCUT2D eigenvalue weighted by atomic mass is 16.5. The highest BCUT2D eigenvalue weighted by molar-refractivity contribution is 5.89. The summed E-state index contributed by atoms with van der Waals surface area (Å²) in [6, 6.07) is 83.2. The Kier molecular flexibility index (Phi) is 12.9. The Morgan fingerprint density at radius 2 is 0.630 bits per heavy atom. The van der Waals surface area contributed by atoms with Crippen LogP contribution in [0.1, 0.15) is 66.8 Å². The average Bonchev–Trinajstić information content (AvgIpc) is 3.61. The van der Waals surface area contributed by atoms with E-state index in [1.54, 1.807) is 0 Å². The summed E-state index contributed by atoms with van der Waals surface area (Å²) in [5, 5.41) is 0. The average molecular weight is 1040 g/mol. The van der Waals surface area contributed by atoms with Gasteiger partial charge in [-0.05, 0) is 155 Å². The lowest BCUT2D eigenvalue weighted by Gasteiger charge is -2.39. The lowest BCUT2D eigenvalue weighted by Crippen LogP contribution is -2.35. The molecule has 0 unspecified atom stereocenters. The largest absolute Gasteiger partial charge is 0.481 e. The lowest BCUT2D eigenvalue weighted by atomic mass is 9.63. The highest BCUT2D eigenvalue weighted by Gasteiger charge is 2.51. The molecule has 0 N–H and O–H groups in total. The monoisotopic (exact) mass is 1040 g/mol. The predicted octanol–water partition coefficient (Wildman–Crippen LogP) is 15.2. The summed E-state index contributed by atoms with van der Waals surface area (Å²) in [4.78, 5) is 0. The zero-order chi connectivity index (χ0) is 55.0. The fraction of sp³-hybridized carbons (Fsp3) is 0.117. The Morgan fingerprint density at radius 1 is 0.284 bits per heavy atom. The van der Waals surface area contributed by atoms with Gasteiger partial charge in [-0.15, -0.1) is 25.7 Å². The van der Waals surface area contributed by atoms with Gasteiger partial charge in [0.05, 0.1) is 10.8 Å². The van der Waals surface area contributed by atoms with Gasteiger partial charge in [-0.1, -0.05) is 212 Å². The van der Waals surface area contributed by atoms with Crippen LogP contribution in [-0.4, -0.2) is 26.4 Å². The smallest absolute Gasteiger partial charge is 0.148 e. The molecule has 4 nitrogen and oxygen atoms in total. The molecule has 13 rings (SSSR count). The number of ether oxygens (including phenoxy) is 4. The van der Waals surface area contributed by atoms with Crippen LogP contribution in [0.2, 0.25) is 0 Å². The first-order chi connectivity index (χ1) is 40.0. The van der Waals surface area contributed by atoms with Crippen molar-refractivity contribution in [3.8, 4) is 106 Å². The summed E-state index contributed by atoms with van der Waals surface area (Å²) in [6.07, 6.45) is 24.4. The van der Waals surface area contributed by atoms with Crippen molar-refractivity contribution in [3.05, 3.63) is 297 Å². The number of fused-ring (bicyclic) bond motifs is 9. The van der Waals surface area contributed by atoms with Crippen molar-refractivity contribution < 1.29 is 18.9 Å². The van der Waals surface area contributed by atoms with Gasteiger partial charge in [-0.25, -0.2) is 0 Å². The summed E-state index contributed by atoms with van der Waals surface area (Å²) in [5.74, 6) is 13.6. The summed E-state index contributed by atoms with van der Waals surface area (Å²) in [6.45, 7) is 0.548. The second kappa shape index (κ2) is 20.8. The molecule has 0 aromatic heterocycles. The van der Waals surface area contributed by atoms with Crippen molar-refractivity contribution >= 4 is 0 Å². The van der Waals surface area contributed by atoms with Gasteiger partial charge in [0.2, 0.25) is 0 Å². The molecule has 10 aromatic rings. The lowest BCUT2D eigenvalue weighted by molar-refractivity contribution is 0.361. The van der Waals surface area contributed by atoms with Crippen LogP contribution in [0, 0.1) is 49.4 Å². The minimum absolute atomic E-state index is 0.0923. The third-order valence-electron chi connectivity index (χ3n) is 16.9. The van der Waals surface area contributed by atoms with Gasteiger partial charge in [0.1, 0.15) is 49.4 Å². The third-order valence-corrected chi connectivity index (χ3v) is 16.9. The van der Waals surface area contributed by atoms with Crippen LogP contribution in [-0.2, 0) is 29.1 Å². The summed E-state index contributed by atoms with van der Waals surface area (Å²) >= 11 is 0. The maximum absolute atomic E-state index is 6.74. The minimum Gasteiger partial charge on any atom is -0.481 e. The van der Waals surface area contributed by atoms with E-state index in [1.807, 2.05) is 24.3 Å². The van der Waals surface area contributed by atoms with E-state index in [0.717, 1.165) is 39.1 Å². The standard InChI is InChI=1S/C77H54O4/c1-5-45-78-58-38-33-55(34-39-58)76(70-29-17-11-23-63(70)64-24-12-18-30-71(64)76)57-37-44-74(81-48-8-4)54(49-57)52-75(68-27-15-9-21-61(68)62-22-10-16-28-69(62)75)51-53-50-60(80-47-7-3)42-43-67(53)77(56-35-40-59(41-36-56)79-46-6-2)72-31-19-13-25-65(72)66-26-14-20-32-73(66)77/h1-4,9-44,49-50H,45-48,51-52H2. The van der Waals surface area contributed by atoms with E-state index in [9.17, 15) is 0 Å². The van der Waals surface area contributed by atoms with E-state index in [-0.39, 0.29) is 26.4 Å². The first-order valence-corrected chi connectivity index (χ1v) is 27.3. The molecule has 0 saturated heterocycles. The first kappa shape index (κ1) is 50.2. The molecule has 0 amide bonds. The molecule has 0 aliphatic heterocycles. The molecule has 81 heavy (non-hydrogen) atoms. The zero-order valence-electron chi connectivity index (χ0n) is 44.6. The van der Waals surface area contributed by atoms with Crippen LogP contribution >= 0.6 is 0 Å². The van der Waals surface area contributed by atoms with Crippen molar-refractivity contribution in [2.75, 3.05) is 26.4 Å². The molecule has 0 fully saturated rings. The SMILES string of the molecule is C#CCOc1ccc(C2(c3ccc(OCC#C)c(CC4(Cc5cc(OCC#C)ccc5C5(c6ccc(OCC#C)cc6)c6ccccc6-c6ccccc65)c5ccccc5-c5ccccc54)c3)c3ccccc3-c3ccccc32)cc1. The molecule has 0 bridgehead atoms. The maximum atomic E-state index is 6.74. The van der Waals surface area contributed by atoms with E-state index in [1.165, 1.54) is 66.8 Å². The number of hydrogen-bond donors (Lipinski definition) is 0. The second-order valence-corrected chi connectivity index (χ2v) is 20.9. The van der Waals surface area contributed by atoms with Crippen LogP contribution in [0.4, 0.5) is 0 Å². The number of rotatable bonds is 16. The molecule has 0 atom stereocenters. The Balaban J connectivity index is 1.08. The van der Waals surface area contributed by atoms with Crippen LogP contribution < -0.4 is 18.9 Å². The molecule has 3 aliphatic carbocycles. The molecular formula is C77H54O4. The molecular weight excluding hydrogens is 989 g/mol. The number of terminal acetylenes is 4. The van der Waals surface area contributed by atoms with E-state index in [0.29, 0.717) is 30.1 Å². The normalized spacial score (nSPS) is 13.7. The van der Waals surface area contributed by atoms with E-state index in [2.05, 4.69) is 230 Å². The van der Waals surface area contributed by atoms with Crippen LogP contribution in [0.25, 0.3) is 33.4 Å². The van der Waals surface area contributed by atoms with Crippen molar-refractivity contribution in [1.82, 2.24) is 0 Å². The Morgan fingerprint density at radius 3 is 1.09 bits per heavy atom. The topological polar surface area (TPSA) is 36.9 Å². The van der Waals surface area contributed by atoms with E-state index in [4.69, 9.17) is 44.6 Å². The molecule has 4 heteroatoms. The van der Waals surface area contributed by atoms with Crippen molar-refractivity contribution in [2.45, 2.75) is 29.1 Å². The van der Waals surface area contributed by atoms with Crippen LogP contribution in [0.15, 0.2) is 231 Å². The third kappa shape index (κ3) is 7.99. The summed E-state index contributed by atoms with van der Waals surface area (Å²) in [5.41, 5.74) is 18.5. The fourth-order valence-corrected chi connectivity index (χ4v) is 13.9. The van der Waals surface area contributed by atoms with Crippen LogP contribution in [0.5, 0.6) is 23.0 Å². The van der Waals surface area contributed by atoms with Crippen LogP contribution in [0.3, 0.4) is 0 Å². The van der Waals surface area contributed by atoms with Crippen molar-refractivity contribution in [1.29, 1.82) is 0 Å². The van der Waals surface area contributed by atoms with Crippen molar-refractivity contribution in [3.63, 3.8) is 0 Å². The molecule has 0 heterocycles. The highest BCUT2D eigenvalue weighted by Crippen LogP contribution is 2.61. The van der Waals surface area contributed by atoms with E-state index >= 15 is 0 Å². The van der Waals surface area contributed by atoms with Gasteiger partial charge >= 0.3 is 0 Å². The molecule has 10 aromatic carbocycles. The zero-order valence-corrected chi connectivity index (χ0v) is 44.6. The molecule has 0 spiro atoms. The summed E-state index contributed by atoms with van der Waals surface area (Å²) < 4.78 is 25.2. The Hall–Kier alpha value is -10.4. The van der Waals surface area contributed by atoms with E-state index < -0.39 is 16.2 Å².